The average molecular weight is 1390 g/mol. The van der Waals surface area contributed by atoms with Crippen LogP contribution in [0, 0.1) is 0 Å². The normalized spacial score (nSPS) is 17.3. The topological polar surface area (TPSA) is 213 Å². The van der Waals surface area contributed by atoms with Gasteiger partial charge in [-0.1, -0.05) is 106 Å². The van der Waals surface area contributed by atoms with Gasteiger partial charge in [-0.3, -0.25) is 0 Å². The van der Waals surface area contributed by atoms with Crippen LogP contribution in [0.25, 0.3) is 0 Å². The Balaban J connectivity index is 0.000000267. The van der Waals surface area contributed by atoms with E-state index in [1.807, 2.05) is 57.5 Å². The van der Waals surface area contributed by atoms with Gasteiger partial charge in [0, 0.05) is 124 Å². The molecule has 0 saturated heterocycles. The summed E-state index contributed by atoms with van der Waals surface area (Å²) in [6, 6.07) is 31.7. The average Bonchev–Trinajstić information content (AvgIpc) is 1.42. The summed E-state index contributed by atoms with van der Waals surface area (Å²) >= 11 is 38.2. The first kappa shape index (κ1) is 71.2. The summed E-state index contributed by atoms with van der Waals surface area (Å²) in [4.78, 5) is 6.99. The van der Waals surface area contributed by atoms with E-state index in [-0.39, 0.29) is 71.2 Å². The predicted octanol–water partition coefficient (Wildman–Crippen LogP) is 11.1. The van der Waals surface area contributed by atoms with Crippen LogP contribution in [0.2, 0.25) is 30.1 Å². The smallest absolute Gasteiger partial charge is 0.261 e. The number of benzene rings is 6. The van der Waals surface area contributed by atoms with Gasteiger partial charge in [-0.15, -0.1) is 0 Å². The third-order valence-corrected chi connectivity index (χ3v) is 21.0. The molecule has 87 heavy (non-hydrogen) atoms. The fourth-order valence-electron chi connectivity index (χ4n) is 10.7. The number of ether oxygens (including phenoxy) is 4. The van der Waals surface area contributed by atoms with Crippen LogP contribution in [-0.2, 0) is 67.5 Å². The van der Waals surface area contributed by atoms with Gasteiger partial charge in [0.1, 0.15) is 0 Å². The summed E-state index contributed by atoms with van der Waals surface area (Å²) < 4.78 is 99.9. The molecule has 3 aliphatic rings. The van der Waals surface area contributed by atoms with Gasteiger partial charge >= 0.3 is 0 Å². The molecule has 3 unspecified atom stereocenters. The number of rotatable bonds is 24. The number of nitrogens with two attached hydrogens (primary N) is 2. The minimum Gasteiger partial charge on any atom is -0.379 e. The van der Waals surface area contributed by atoms with Crippen LogP contribution < -0.4 is 16.2 Å². The van der Waals surface area contributed by atoms with E-state index in [4.69, 9.17) is 111 Å². The van der Waals surface area contributed by atoms with Gasteiger partial charge in [-0.2, -0.15) is 0 Å². The van der Waals surface area contributed by atoms with Crippen LogP contribution >= 0.6 is 80.3 Å². The third-order valence-electron chi connectivity index (χ3n) is 14.7. The number of nitrogens with one attached hydrogen (secondary N) is 1. The van der Waals surface area contributed by atoms with Crippen molar-refractivity contribution >= 4 is 109 Å². The largest absolute Gasteiger partial charge is 0.379 e. The van der Waals surface area contributed by atoms with E-state index >= 15 is 0 Å². The first-order chi connectivity index (χ1) is 41.4. The summed E-state index contributed by atoms with van der Waals surface area (Å²) in [7, 11) is 0.375. The summed E-state index contributed by atoms with van der Waals surface area (Å²) in [5.74, 6) is -0.236. The predicted molar refractivity (Wildman–Crippen MR) is 350 cm³/mol. The first-order valence-electron chi connectivity index (χ1n) is 28.1. The van der Waals surface area contributed by atoms with Gasteiger partial charge < -0.3 is 45.1 Å². The van der Waals surface area contributed by atoms with Crippen molar-refractivity contribution in [3.05, 3.63) is 189 Å². The van der Waals surface area contributed by atoms with Crippen molar-refractivity contribution in [1.29, 1.82) is 0 Å². The monoisotopic (exact) mass is 1390 g/mol. The van der Waals surface area contributed by atoms with Crippen molar-refractivity contribution < 1.29 is 44.2 Å². The second-order valence-corrected chi connectivity index (χ2v) is 30.3. The fourth-order valence-corrected chi connectivity index (χ4v) is 15.6. The van der Waals surface area contributed by atoms with E-state index in [0.717, 1.165) is 63.2 Å². The molecule has 0 amide bonds. The van der Waals surface area contributed by atoms with Gasteiger partial charge in [0.05, 0.1) is 66.7 Å². The lowest BCUT2D eigenvalue weighted by atomic mass is 9.85. The molecule has 0 saturated carbocycles. The number of halogens is 7. The molecule has 3 aliphatic heterocycles. The maximum Gasteiger partial charge on any atom is 0.261 e. The number of likely N-dealkylation sites (N-methyl/N-ethyl adjacent to an activating group) is 3. The highest BCUT2D eigenvalue weighted by Gasteiger charge is 2.31. The minimum absolute atomic E-state index is 0.0154. The van der Waals surface area contributed by atoms with Gasteiger partial charge in [0.15, 0.2) is 9.84 Å². The Morgan fingerprint density at radius 1 is 0.471 bits per heavy atom. The molecule has 0 radical (unpaired) electrons. The molecule has 6 aromatic carbocycles. The standard InChI is InChI=1S/C39H43Cl4N3O6S2.C16H14Cl3NO2S.C6H16N2O2/c1-45-22-34(32-18-28(40)20-38(42)36(32)24-45)26-6-3-8-30(16-26)53(47,48)15-5-11-51-13-14-52-12-10-44-54(49,50)31-9-4-7-27(17-31)35-23-46(2)25-37-33(35)19-29(41)21-39(37)43;1-20-8-14(10-3-2-4-12(5-10)23(19,21)22)13-6-11(17)7-16(18)15(13)9-20;7-1-3-9-5-6-10-4-2-8/h3-4,6-9,16-21,34-35,44H,5,10-15,22-25H2,1-2H3;2-7,14H,8-9H2,1H3;1-8H2. The zero-order valence-electron chi connectivity index (χ0n) is 48.5. The Hall–Kier alpha value is -3.20. The highest BCUT2D eigenvalue weighted by atomic mass is 35.7. The first-order valence-corrected chi connectivity index (χ1v) is 35.8. The Labute approximate surface area is 546 Å². The summed E-state index contributed by atoms with van der Waals surface area (Å²) in [6.07, 6.45) is 0.314. The van der Waals surface area contributed by atoms with Crippen molar-refractivity contribution in [3.8, 4) is 0 Å². The molecule has 3 heterocycles. The quantitative estimate of drug-likeness (QED) is 0.0380. The number of hydrogen-bond donors (Lipinski definition) is 3. The minimum atomic E-state index is -3.80. The van der Waals surface area contributed by atoms with Crippen LogP contribution in [0.5, 0.6) is 0 Å². The van der Waals surface area contributed by atoms with Gasteiger partial charge in [0.2, 0.25) is 10.0 Å². The SMILES string of the molecule is CN1Cc2c(Cl)cc(Cl)cc2C(c2cccc(S(=O)(=O)CCCOCCOCCNS(=O)(=O)c3cccc(C4CN(C)Cc5c(Cl)cc(Cl)cc54)c3)c2)C1.CN1Cc2c(Cl)cc(Cl)cc2C(c2cccc(S(=O)(=O)Cl)c2)C1.NCCOCCOCCN. The molecule has 0 aliphatic carbocycles. The second-order valence-electron chi connectivity index (χ2n) is 21.4. The molecule has 3 atom stereocenters. The van der Waals surface area contributed by atoms with Gasteiger partial charge in [-0.25, -0.2) is 30.0 Å². The molecular weight excluding hydrogens is 1320 g/mol. The van der Waals surface area contributed by atoms with Crippen LogP contribution in [-0.4, -0.2) is 159 Å². The van der Waals surface area contributed by atoms with Crippen LogP contribution in [0.15, 0.2) is 124 Å². The van der Waals surface area contributed by atoms with E-state index in [0.29, 0.717) is 102 Å². The fraction of sp³-hybridized carbons (Fsp3) is 0.410. The summed E-state index contributed by atoms with van der Waals surface area (Å²) in [5, 5.41) is 3.51. The number of fused-ring (bicyclic) bond motifs is 3. The maximum atomic E-state index is 13.3. The van der Waals surface area contributed by atoms with E-state index in [1.54, 1.807) is 66.7 Å². The molecule has 5 N–H and O–H groups in total. The van der Waals surface area contributed by atoms with E-state index in [9.17, 15) is 25.3 Å². The molecule has 0 fully saturated rings. The maximum absolute atomic E-state index is 13.3. The highest BCUT2D eigenvalue weighted by molar-refractivity contribution is 8.13. The Kier molecular flexibility index (Phi) is 27.3. The second kappa shape index (κ2) is 33.4. The van der Waals surface area contributed by atoms with Gasteiger partial charge in [0.25, 0.3) is 9.05 Å². The van der Waals surface area contributed by atoms with Gasteiger partial charge in [-0.05, 0) is 150 Å². The van der Waals surface area contributed by atoms with Crippen LogP contribution in [0.1, 0.15) is 74.2 Å². The zero-order valence-corrected chi connectivity index (χ0v) is 56.2. The lowest BCUT2D eigenvalue weighted by Crippen LogP contribution is -2.31. The Bertz CT molecular complexity index is 3490. The molecule has 9 rings (SSSR count). The Morgan fingerprint density at radius 3 is 1.23 bits per heavy atom. The van der Waals surface area contributed by atoms with Crippen LogP contribution in [0.3, 0.4) is 0 Å². The lowest BCUT2D eigenvalue weighted by Gasteiger charge is -2.33. The Morgan fingerprint density at radius 2 is 0.828 bits per heavy atom. The molecule has 0 bridgehead atoms. The third kappa shape index (κ3) is 20.4. The van der Waals surface area contributed by atoms with E-state index in [2.05, 4.69) is 19.4 Å². The molecule has 0 spiro atoms. The van der Waals surface area contributed by atoms with Crippen molar-refractivity contribution in [2.24, 2.45) is 11.5 Å². The number of nitrogens with zero attached hydrogens (tertiary/aromatic N) is 3. The van der Waals surface area contributed by atoms with Crippen molar-refractivity contribution in [1.82, 2.24) is 19.4 Å². The molecular formula is C61H73Cl7N6O10S3. The summed E-state index contributed by atoms with van der Waals surface area (Å²) in [6.45, 7) is 8.76. The number of sulfone groups is 1. The van der Waals surface area contributed by atoms with E-state index < -0.39 is 28.9 Å². The van der Waals surface area contributed by atoms with Crippen LogP contribution in [0.4, 0.5) is 0 Å². The van der Waals surface area contributed by atoms with E-state index in [1.165, 1.54) is 6.07 Å². The summed E-state index contributed by atoms with van der Waals surface area (Å²) in [5.41, 5.74) is 19.1. The number of sulfonamides is 1. The molecule has 0 aromatic heterocycles. The molecule has 26 heteroatoms. The zero-order chi connectivity index (χ0) is 63.1. The highest BCUT2D eigenvalue weighted by Crippen LogP contribution is 2.42. The number of hydrogen-bond acceptors (Lipinski definition) is 15. The van der Waals surface area contributed by atoms with Crippen molar-refractivity contribution in [2.45, 2.75) is 58.5 Å². The molecule has 474 valence electrons. The molecule has 6 aromatic rings. The lowest BCUT2D eigenvalue weighted by molar-refractivity contribution is 0.0504. The molecule has 16 nitrogen and oxygen atoms in total. The van der Waals surface area contributed by atoms with Crippen molar-refractivity contribution in [3.63, 3.8) is 0 Å². The van der Waals surface area contributed by atoms with Crippen molar-refractivity contribution in [2.75, 3.05) is 119 Å².